The zero-order valence-corrected chi connectivity index (χ0v) is 21.1. The fraction of sp³-hybridized carbons (Fsp3) is 0.346. The second kappa shape index (κ2) is 11.4. The molecule has 2 amide bonds. The molecule has 2 aromatic carbocycles. The highest BCUT2D eigenvalue weighted by Gasteiger charge is 2.33. The molecule has 2 aliphatic heterocycles. The van der Waals surface area contributed by atoms with Crippen LogP contribution >= 0.6 is 12.2 Å². The van der Waals surface area contributed by atoms with Gasteiger partial charge < -0.3 is 24.6 Å². The van der Waals surface area contributed by atoms with Crippen molar-refractivity contribution >= 4 is 46.7 Å². The molecule has 0 saturated carbocycles. The first kappa shape index (κ1) is 25.4. The van der Waals surface area contributed by atoms with Crippen molar-refractivity contribution in [3.05, 3.63) is 59.9 Å². The van der Waals surface area contributed by atoms with E-state index < -0.39 is 11.9 Å². The van der Waals surface area contributed by atoms with Crippen LogP contribution in [0.3, 0.4) is 0 Å². The number of carbonyl (C=O) groups is 2. The molecule has 0 spiro atoms. The second-order valence-corrected chi connectivity index (χ2v) is 9.22. The van der Waals surface area contributed by atoms with Gasteiger partial charge in [-0.2, -0.15) is 0 Å². The maximum atomic E-state index is 15.0. The van der Waals surface area contributed by atoms with Gasteiger partial charge in [0.2, 0.25) is 5.91 Å². The number of anilines is 2. The molecular weight excluding hydrogens is 483 g/mol. The summed E-state index contributed by atoms with van der Waals surface area (Å²) in [6, 6.07) is 12.2. The minimum absolute atomic E-state index is 0.0817. The molecule has 10 heteroatoms. The van der Waals surface area contributed by atoms with Crippen LogP contribution in [0.2, 0.25) is 0 Å². The zero-order valence-electron chi connectivity index (χ0n) is 20.3. The van der Waals surface area contributed by atoms with E-state index in [1.54, 1.807) is 43.2 Å². The standard InChI is InChI=1S/C26H29FN4O4S/c1-18(36)28-16-22-17-31(26(33)35-22)20-6-9-24(23(27)15-20)29-11-13-30(14-12-29)25(32)10-5-19-3-7-21(34-2)8-4-19/h3-10,15,22H,11-14,16-17H2,1-2H3,(H,28,36)/t22-/m0/s1. The number of ether oxygens (including phenoxy) is 2. The number of benzene rings is 2. The fourth-order valence-corrected chi connectivity index (χ4v) is 4.26. The maximum Gasteiger partial charge on any atom is 0.414 e. The first-order chi connectivity index (χ1) is 17.3. The van der Waals surface area contributed by atoms with E-state index in [-0.39, 0.29) is 12.0 Å². The van der Waals surface area contributed by atoms with E-state index in [0.717, 1.165) is 11.3 Å². The Bertz CT molecular complexity index is 1150. The summed E-state index contributed by atoms with van der Waals surface area (Å²) in [4.78, 5) is 30.6. The Hall–Kier alpha value is -3.66. The number of amides is 2. The van der Waals surface area contributed by atoms with Crippen LogP contribution in [0, 0.1) is 5.82 Å². The molecule has 190 valence electrons. The lowest BCUT2D eigenvalue weighted by Crippen LogP contribution is -2.48. The number of cyclic esters (lactones) is 1. The van der Waals surface area contributed by atoms with Crippen LogP contribution in [0.5, 0.6) is 5.75 Å². The van der Waals surface area contributed by atoms with E-state index in [4.69, 9.17) is 21.7 Å². The van der Waals surface area contributed by atoms with E-state index in [2.05, 4.69) is 5.32 Å². The molecule has 2 fully saturated rings. The van der Waals surface area contributed by atoms with Crippen molar-refractivity contribution in [1.82, 2.24) is 10.2 Å². The number of thiocarbonyl (C=S) groups is 1. The van der Waals surface area contributed by atoms with Gasteiger partial charge in [0.15, 0.2) is 0 Å². The van der Waals surface area contributed by atoms with Gasteiger partial charge in [0.25, 0.3) is 0 Å². The Morgan fingerprint density at radius 1 is 1.19 bits per heavy atom. The smallest absolute Gasteiger partial charge is 0.414 e. The first-order valence-corrected chi connectivity index (χ1v) is 12.1. The molecule has 1 N–H and O–H groups in total. The zero-order chi connectivity index (χ0) is 25.7. The van der Waals surface area contributed by atoms with Crippen molar-refractivity contribution < 1.29 is 23.5 Å². The van der Waals surface area contributed by atoms with Crippen LogP contribution in [0.1, 0.15) is 12.5 Å². The van der Waals surface area contributed by atoms with Crippen LogP contribution in [0.15, 0.2) is 48.5 Å². The largest absolute Gasteiger partial charge is 0.497 e. The highest BCUT2D eigenvalue weighted by Crippen LogP contribution is 2.28. The van der Waals surface area contributed by atoms with Gasteiger partial charge in [-0.3, -0.25) is 9.69 Å². The lowest BCUT2D eigenvalue weighted by Gasteiger charge is -2.36. The molecule has 0 bridgehead atoms. The highest BCUT2D eigenvalue weighted by atomic mass is 32.1. The van der Waals surface area contributed by atoms with Crippen molar-refractivity contribution in [3.8, 4) is 5.75 Å². The van der Waals surface area contributed by atoms with Crippen LogP contribution in [-0.2, 0) is 9.53 Å². The molecule has 0 unspecified atom stereocenters. The maximum absolute atomic E-state index is 15.0. The molecule has 0 aliphatic carbocycles. The molecule has 4 rings (SSSR count). The molecular formula is C26H29FN4O4S. The number of hydrogen-bond acceptors (Lipinski definition) is 6. The van der Waals surface area contributed by atoms with E-state index in [9.17, 15) is 9.59 Å². The number of methoxy groups -OCH3 is 1. The average Bonchev–Trinajstić information content (AvgIpc) is 3.26. The van der Waals surface area contributed by atoms with Gasteiger partial charge in [-0.25, -0.2) is 9.18 Å². The predicted octanol–water partition coefficient (Wildman–Crippen LogP) is 3.46. The first-order valence-electron chi connectivity index (χ1n) is 11.7. The number of hydrogen-bond donors (Lipinski definition) is 1. The molecule has 2 aromatic rings. The number of nitrogens with one attached hydrogen (secondary N) is 1. The van der Waals surface area contributed by atoms with Crippen molar-refractivity contribution in [1.29, 1.82) is 0 Å². The average molecular weight is 513 g/mol. The summed E-state index contributed by atoms with van der Waals surface area (Å²) >= 11 is 4.99. The van der Waals surface area contributed by atoms with Gasteiger partial charge in [-0.1, -0.05) is 24.4 Å². The normalized spacial score (nSPS) is 17.9. The third kappa shape index (κ3) is 6.12. The number of halogens is 1. The monoisotopic (exact) mass is 512 g/mol. The van der Waals surface area contributed by atoms with Gasteiger partial charge in [-0.15, -0.1) is 0 Å². The molecule has 2 aliphatic rings. The number of piperazine rings is 1. The van der Waals surface area contributed by atoms with Gasteiger partial charge in [0, 0.05) is 32.3 Å². The lowest BCUT2D eigenvalue weighted by atomic mass is 10.2. The van der Waals surface area contributed by atoms with Crippen molar-refractivity contribution in [2.75, 3.05) is 56.2 Å². The van der Waals surface area contributed by atoms with E-state index in [0.29, 0.717) is 55.6 Å². The Kier molecular flexibility index (Phi) is 8.04. The molecule has 0 aromatic heterocycles. The van der Waals surface area contributed by atoms with Crippen LogP contribution in [0.4, 0.5) is 20.6 Å². The van der Waals surface area contributed by atoms with Gasteiger partial charge in [0.1, 0.15) is 17.7 Å². The summed E-state index contributed by atoms with van der Waals surface area (Å²) in [7, 11) is 1.61. The van der Waals surface area contributed by atoms with Crippen LogP contribution < -0.4 is 19.9 Å². The van der Waals surface area contributed by atoms with Gasteiger partial charge in [0.05, 0.1) is 36.6 Å². The quantitative estimate of drug-likeness (QED) is 0.450. The molecule has 2 heterocycles. The summed E-state index contributed by atoms with van der Waals surface area (Å²) in [6.45, 7) is 4.48. The minimum Gasteiger partial charge on any atom is -0.497 e. The summed E-state index contributed by atoms with van der Waals surface area (Å²) in [5.41, 5.74) is 1.80. The second-order valence-electron chi connectivity index (χ2n) is 8.61. The van der Waals surface area contributed by atoms with Crippen LogP contribution in [0.25, 0.3) is 6.08 Å². The molecule has 0 radical (unpaired) electrons. The summed E-state index contributed by atoms with van der Waals surface area (Å²) < 4.78 is 25.5. The number of rotatable bonds is 7. The van der Waals surface area contributed by atoms with Gasteiger partial charge >= 0.3 is 6.09 Å². The third-order valence-electron chi connectivity index (χ3n) is 6.16. The highest BCUT2D eigenvalue weighted by molar-refractivity contribution is 7.80. The number of nitrogens with zero attached hydrogens (tertiary/aromatic N) is 3. The topological polar surface area (TPSA) is 74.3 Å². The van der Waals surface area contributed by atoms with Crippen molar-refractivity contribution in [2.45, 2.75) is 13.0 Å². The van der Waals surface area contributed by atoms with Crippen molar-refractivity contribution in [2.24, 2.45) is 0 Å². The Morgan fingerprint density at radius 2 is 1.92 bits per heavy atom. The molecule has 8 nitrogen and oxygen atoms in total. The number of carbonyl (C=O) groups excluding carboxylic acids is 2. The predicted molar refractivity (Wildman–Crippen MR) is 141 cm³/mol. The van der Waals surface area contributed by atoms with E-state index >= 15 is 4.39 Å². The van der Waals surface area contributed by atoms with E-state index in [1.807, 2.05) is 29.2 Å². The SMILES string of the molecule is COc1ccc(C=CC(=O)N2CCN(c3ccc(N4C[C@H](CNC(C)=S)OC4=O)cc3F)CC2)cc1. The Labute approximate surface area is 215 Å². The molecule has 2 saturated heterocycles. The Balaban J connectivity index is 1.32. The summed E-state index contributed by atoms with van der Waals surface area (Å²) in [6.07, 6.45) is 2.46. The van der Waals surface area contributed by atoms with E-state index in [1.165, 1.54) is 11.0 Å². The minimum atomic E-state index is -0.509. The van der Waals surface area contributed by atoms with Crippen LogP contribution in [-0.4, -0.2) is 74.4 Å². The Morgan fingerprint density at radius 3 is 2.56 bits per heavy atom. The summed E-state index contributed by atoms with van der Waals surface area (Å²) in [5, 5.41) is 2.99. The van der Waals surface area contributed by atoms with Gasteiger partial charge in [-0.05, 0) is 48.9 Å². The third-order valence-corrected chi connectivity index (χ3v) is 6.31. The fourth-order valence-electron chi connectivity index (χ4n) is 4.17. The summed E-state index contributed by atoms with van der Waals surface area (Å²) in [5.74, 6) is 0.256. The van der Waals surface area contributed by atoms with Crippen molar-refractivity contribution in [3.63, 3.8) is 0 Å². The molecule has 1 atom stereocenters. The molecule has 36 heavy (non-hydrogen) atoms. The lowest BCUT2D eigenvalue weighted by molar-refractivity contribution is -0.126.